The van der Waals surface area contributed by atoms with E-state index in [1.54, 1.807) is 11.3 Å². The summed E-state index contributed by atoms with van der Waals surface area (Å²) in [5, 5.41) is 6.93. The zero-order valence-corrected chi connectivity index (χ0v) is 18.6. The fraction of sp³-hybridized carbons (Fsp3) is 0.500. The second-order valence-electron chi connectivity index (χ2n) is 8.26. The number of carbonyl (C=O) groups excluding carboxylic acids is 2. The van der Waals surface area contributed by atoms with Crippen molar-refractivity contribution in [3.63, 3.8) is 0 Å². The molecule has 0 atom stereocenters. The van der Waals surface area contributed by atoms with Gasteiger partial charge in [0, 0.05) is 10.6 Å². The number of hydrogen-bond acceptors (Lipinski definition) is 4. The molecular weight excluding hydrogens is 394 g/mol. The lowest BCUT2D eigenvalue weighted by molar-refractivity contribution is -0.117. The highest BCUT2D eigenvalue weighted by molar-refractivity contribution is 7.17. The normalized spacial score (nSPS) is 16.7. The predicted octanol–water partition coefficient (Wildman–Crippen LogP) is 4.87. The summed E-state index contributed by atoms with van der Waals surface area (Å²) in [4.78, 5) is 29.6. The molecule has 1 fully saturated rings. The molecule has 4 rings (SSSR count). The van der Waals surface area contributed by atoms with Crippen molar-refractivity contribution in [3.8, 4) is 0 Å². The number of carbonyl (C=O) groups is 2. The van der Waals surface area contributed by atoms with Gasteiger partial charge in [-0.3, -0.25) is 14.5 Å². The smallest absolute Gasteiger partial charge is 0.258 e. The number of benzene rings is 1. The Morgan fingerprint density at radius 3 is 2.57 bits per heavy atom. The Morgan fingerprint density at radius 2 is 1.77 bits per heavy atom. The Bertz CT molecular complexity index is 915. The highest BCUT2D eigenvalue weighted by Gasteiger charge is 2.26. The molecule has 0 bridgehead atoms. The van der Waals surface area contributed by atoms with Gasteiger partial charge in [0.15, 0.2) is 0 Å². The molecular formula is C24H31N3O2S. The van der Waals surface area contributed by atoms with Gasteiger partial charge in [-0.05, 0) is 75.2 Å². The van der Waals surface area contributed by atoms with E-state index in [1.165, 1.54) is 11.3 Å². The van der Waals surface area contributed by atoms with Crippen LogP contribution in [0, 0.1) is 0 Å². The van der Waals surface area contributed by atoms with Crippen molar-refractivity contribution in [3.05, 3.63) is 45.8 Å². The van der Waals surface area contributed by atoms with E-state index in [-0.39, 0.29) is 11.8 Å². The van der Waals surface area contributed by atoms with Gasteiger partial charge in [0.05, 0.1) is 12.1 Å². The summed E-state index contributed by atoms with van der Waals surface area (Å²) in [5.74, 6) is -0.122. The fourth-order valence-corrected chi connectivity index (χ4v) is 5.82. The third-order valence-corrected chi connectivity index (χ3v) is 7.32. The number of thiophene rings is 1. The van der Waals surface area contributed by atoms with Gasteiger partial charge in [-0.25, -0.2) is 0 Å². The number of rotatable bonds is 6. The van der Waals surface area contributed by atoms with Crippen molar-refractivity contribution < 1.29 is 9.59 Å². The number of fused-ring (bicyclic) bond motifs is 1. The average molecular weight is 426 g/mol. The molecule has 0 radical (unpaired) electrons. The molecule has 2 N–H and O–H groups in total. The number of hydrogen-bond donors (Lipinski definition) is 2. The van der Waals surface area contributed by atoms with Crippen LogP contribution in [0.4, 0.5) is 10.7 Å². The Morgan fingerprint density at radius 1 is 1.00 bits per heavy atom. The van der Waals surface area contributed by atoms with E-state index in [1.807, 2.05) is 24.3 Å². The van der Waals surface area contributed by atoms with Crippen LogP contribution in [0.5, 0.6) is 0 Å². The summed E-state index contributed by atoms with van der Waals surface area (Å²) in [6.45, 7) is 4.46. The van der Waals surface area contributed by atoms with E-state index in [9.17, 15) is 9.59 Å². The van der Waals surface area contributed by atoms with Crippen LogP contribution in [-0.4, -0.2) is 36.3 Å². The maximum Gasteiger partial charge on any atom is 0.258 e. The molecule has 0 saturated carbocycles. The first-order chi connectivity index (χ1) is 14.7. The average Bonchev–Trinajstić information content (AvgIpc) is 3.30. The molecule has 1 aromatic heterocycles. The van der Waals surface area contributed by atoms with E-state index in [4.69, 9.17) is 0 Å². The number of likely N-dealkylation sites (tertiary alicyclic amines) is 1. The van der Waals surface area contributed by atoms with Crippen molar-refractivity contribution >= 4 is 33.8 Å². The van der Waals surface area contributed by atoms with Crippen LogP contribution in [0.3, 0.4) is 0 Å². The van der Waals surface area contributed by atoms with Gasteiger partial charge in [-0.1, -0.05) is 31.5 Å². The summed E-state index contributed by atoms with van der Waals surface area (Å²) < 4.78 is 0. The van der Waals surface area contributed by atoms with E-state index in [2.05, 4.69) is 22.5 Å². The molecule has 2 amide bonds. The molecule has 5 nitrogen and oxygen atoms in total. The first-order valence-corrected chi connectivity index (χ1v) is 12.0. The second kappa shape index (κ2) is 9.75. The van der Waals surface area contributed by atoms with Gasteiger partial charge in [0.1, 0.15) is 5.00 Å². The van der Waals surface area contributed by atoms with Gasteiger partial charge in [0.25, 0.3) is 5.91 Å². The fourth-order valence-electron chi connectivity index (χ4n) is 4.52. The first-order valence-electron chi connectivity index (χ1n) is 11.2. The Hall–Kier alpha value is -2.18. The summed E-state index contributed by atoms with van der Waals surface area (Å²) >= 11 is 1.60. The SMILES string of the molecule is CCc1ccccc1NC(=O)c1c(NC(=O)CN2CCCC2)sc2c1CCCCC2. The van der Waals surface area contributed by atoms with Crippen LogP contribution in [0.1, 0.15) is 65.4 Å². The topological polar surface area (TPSA) is 61.4 Å². The number of para-hydroxylation sites is 1. The Labute approximate surface area is 182 Å². The third kappa shape index (κ3) is 4.76. The molecule has 1 aliphatic carbocycles. The standard InChI is InChI=1S/C24H31N3O2S/c1-2-17-10-6-7-12-19(17)25-23(29)22-18-11-4-3-5-13-20(18)30-24(22)26-21(28)16-27-14-8-9-15-27/h6-7,10,12H,2-5,8-9,11,13-16H2,1H3,(H,25,29)(H,26,28). The van der Waals surface area contributed by atoms with E-state index >= 15 is 0 Å². The van der Waals surface area contributed by atoms with Gasteiger partial charge in [-0.15, -0.1) is 11.3 Å². The predicted molar refractivity (Wildman–Crippen MR) is 124 cm³/mol. The number of amides is 2. The molecule has 2 aromatic rings. The lowest BCUT2D eigenvalue weighted by Crippen LogP contribution is -2.31. The van der Waals surface area contributed by atoms with Crippen LogP contribution < -0.4 is 10.6 Å². The highest BCUT2D eigenvalue weighted by Crippen LogP contribution is 2.38. The quantitative estimate of drug-likeness (QED) is 0.650. The number of nitrogens with one attached hydrogen (secondary N) is 2. The summed E-state index contributed by atoms with van der Waals surface area (Å²) in [5.41, 5.74) is 3.79. The minimum Gasteiger partial charge on any atom is -0.322 e. The molecule has 2 heterocycles. The van der Waals surface area contributed by atoms with E-state index < -0.39 is 0 Å². The van der Waals surface area contributed by atoms with Crippen LogP contribution in [0.15, 0.2) is 24.3 Å². The number of nitrogens with zero attached hydrogens (tertiary/aromatic N) is 1. The highest BCUT2D eigenvalue weighted by atomic mass is 32.1. The summed E-state index contributed by atoms with van der Waals surface area (Å²) in [6.07, 6.45) is 8.51. The molecule has 1 aliphatic heterocycles. The molecule has 160 valence electrons. The Balaban J connectivity index is 1.60. The zero-order chi connectivity index (χ0) is 20.9. The number of anilines is 2. The maximum atomic E-state index is 13.4. The molecule has 2 aliphatic rings. The van der Waals surface area contributed by atoms with Crippen LogP contribution >= 0.6 is 11.3 Å². The lowest BCUT2D eigenvalue weighted by atomic mass is 10.0. The summed E-state index contributed by atoms with van der Waals surface area (Å²) in [6, 6.07) is 7.94. The van der Waals surface area contributed by atoms with Crippen molar-refractivity contribution in [1.29, 1.82) is 0 Å². The largest absolute Gasteiger partial charge is 0.322 e. The molecule has 30 heavy (non-hydrogen) atoms. The second-order valence-corrected chi connectivity index (χ2v) is 9.37. The molecule has 0 unspecified atom stereocenters. The molecule has 0 spiro atoms. The van der Waals surface area contributed by atoms with Crippen molar-refractivity contribution in [2.45, 2.75) is 58.3 Å². The molecule has 6 heteroatoms. The summed E-state index contributed by atoms with van der Waals surface area (Å²) in [7, 11) is 0. The number of aryl methyl sites for hydroxylation is 2. The first kappa shape index (κ1) is 21.1. The zero-order valence-electron chi connectivity index (χ0n) is 17.8. The van der Waals surface area contributed by atoms with Gasteiger partial charge in [-0.2, -0.15) is 0 Å². The van der Waals surface area contributed by atoms with Gasteiger partial charge in [0.2, 0.25) is 5.91 Å². The van der Waals surface area contributed by atoms with Gasteiger partial charge < -0.3 is 10.6 Å². The van der Waals surface area contributed by atoms with Crippen LogP contribution in [0.25, 0.3) is 0 Å². The minimum atomic E-state index is -0.105. The van der Waals surface area contributed by atoms with Crippen LogP contribution in [0.2, 0.25) is 0 Å². The Kier molecular flexibility index (Phi) is 6.85. The third-order valence-electron chi connectivity index (χ3n) is 6.11. The van der Waals surface area contributed by atoms with Crippen molar-refractivity contribution in [2.75, 3.05) is 30.3 Å². The van der Waals surface area contributed by atoms with E-state index in [0.29, 0.717) is 12.1 Å². The lowest BCUT2D eigenvalue weighted by Gasteiger charge is -2.15. The van der Waals surface area contributed by atoms with Crippen molar-refractivity contribution in [2.24, 2.45) is 0 Å². The molecule has 1 aromatic carbocycles. The van der Waals surface area contributed by atoms with Gasteiger partial charge >= 0.3 is 0 Å². The van der Waals surface area contributed by atoms with E-state index in [0.717, 1.165) is 79.9 Å². The van der Waals surface area contributed by atoms with Crippen molar-refractivity contribution in [1.82, 2.24) is 4.90 Å². The maximum absolute atomic E-state index is 13.4. The minimum absolute atomic E-state index is 0.0173. The monoisotopic (exact) mass is 425 g/mol. The van der Waals surface area contributed by atoms with Crippen LogP contribution in [-0.2, 0) is 24.1 Å². The molecule has 1 saturated heterocycles.